The Morgan fingerprint density at radius 3 is 2.45 bits per heavy atom. The van der Waals surface area contributed by atoms with Gasteiger partial charge in [-0.05, 0) is 24.6 Å². The minimum Gasteiger partial charge on any atom is -0.302 e. The van der Waals surface area contributed by atoms with E-state index in [0.717, 1.165) is 23.3 Å². The first-order valence-electron chi connectivity index (χ1n) is 10.00. The number of benzodiazepines with no additional fused rings is 1. The fourth-order valence-electron chi connectivity index (χ4n) is 3.34. The molecule has 2 aromatic carbocycles. The molecule has 0 saturated heterocycles. The zero-order valence-electron chi connectivity index (χ0n) is 17.4. The first kappa shape index (κ1) is 21.3. The van der Waals surface area contributed by atoms with Gasteiger partial charge in [-0.25, -0.2) is 0 Å². The van der Waals surface area contributed by atoms with Crippen molar-refractivity contribution >= 4 is 34.7 Å². The molecule has 1 unspecified atom stereocenters. The Kier molecular flexibility index (Phi) is 6.23. The van der Waals surface area contributed by atoms with Crippen molar-refractivity contribution in [2.75, 3.05) is 11.4 Å². The molecule has 0 radical (unpaired) electrons. The molecular weight excluding hydrogens is 384 g/mol. The monoisotopic (exact) mass is 410 g/mol. The van der Waals surface area contributed by atoms with E-state index in [1.807, 2.05) is 70.2 Å². The normalized spacial score (nSPS) is 16.9. The van der Waals surface area contributed by atoms with E-state index in [9.17, 15) is 9.59 Å². The van der Waals surface area contributed by atoms with Crippen molar-refractivity contribution in [3.8, 4) is 0 Å². The van der Waals surface area contributed by atoms with Crippen LogP contribution in [0, 0.1) is 5.41 Å². The summed E-state index contributed by atoms with van der Waals surface area (Å²) in [6.07, 6.45) is 1.44. The number of amides is 1. The molecular formula is C24H27ClN2O2. The van der Waals surface area contributed by atoms with Gasteiger partial charge in [0, 0.05) is 21.6 Å². The van der Waals surface area contributed by atoms with Gasteiger partial charge < -0.3 is 4.90 Å². The lowest BCUT2D eigenvalue weighted by atomic mass is 9.90. The predicted molar refractivity (Wildman–Crippen MR) is 119 cm³/mol. The third-order valence-electron chi connectivity index (χ3n) is 5.09. The number of rotatable bonds is 5. The van der Waals surface area contributed by atoms with E-state index in [2.05, 4.69) is 0 Å². The number of Topliss-reactive ketones (excluding diaryl/α,β-unsaturated/α-hetero) is 1. The Labute approximate surface area is 177 Å². The van der Waals surface area contributed by atoms with Crippen LogP contribution in [-0.4, -0.2) is 30.0 Å². The molecule has 0 fully saturated rings. The molecule has 4 nitrogen and oxygen atoms in total. The summed E-state index contributed by atoms with van der Waals surface area (Å²) in [7, 11) is 0. The van der Waals surface area contributed by atoms with E-state index in [0.29, 0.717) is 17.1 Å². The van der Waals surface area contributed by atoms with Gasteiger partial charge in [0.05, 0.1) is 17.9 Å². The number of halogens is 1. The first-order valence-corrected chi connectivity index (χ1v) is 10.4. The van der Waals surface area contributed by atoms with Crippen LogP contribution in [0.25, 0.3) is 0 Å². The summed E-state index contributed by atoms with van der Waals surface area (Å²) in [5, 5.41) is 0.566. The molecule has 0 aliphatic carbocycles. The zero-order chi connectivity index (χ0) is 21.2. The number of hydrogen-bond acceptors (Lipinski definition) is 3. The molecule has 0 N–H and O–H groups in total. The van der Waals surface area contributed by atoms with Crippen LogP contribution in [-0.2, 0) is 9.59 Å². The van der Waals surface area contributed by atoms with Gasteiger partial charge in [0.2, 0.25) is 0 Å². The highest BCUT2D eigenvalue weighted by atomic mass is 35.5. The molecule has 1 amide bonds. The predicted octanol–water partition coefficient (Wildman–Crippen LogP) is 5.31. The number of benzene rings is 2. The molecule has 0 aromatic heterocycles. The van der Waals surface area contributed by atoms with Crippen molar-refractivity contribution in [3.63, 3.8) is 0 Å². The molecule has 5 heteroatoms. The number of ketones is 1. The molecule has 29 heavy (non-hydrogen) atoms. The molecule has 0 spiro atoms. The number of fused-ring (bicyclic) bond motifs is 1. The van der Waals surface area contributed by atoms with Gasteiger partial charge >= 0.3 is 0 Å². The second-order valence-corrected chi connectivity index (χ2v) is 8.84. The fourth-order valence-corrected chi connectivity index (χ4v) is 3.52. The van der Waals surface area contributed by atoms with E-state index >= 15 is 0 Å². The van der Waals surface area contributed by atoms with Crippen molar-refractivity contribution in [1.82, 2.24) is 0 Å². The van der Waals surface area contributed by atoms with E-state index < -0.39 is 11.5 Å². The molecule has 0 bridgehead atoms. The summed E-state index contributed by atoms with van der Waals surface area (Å²) in [4.78, 5) is 32.8. The smallest absolute Gasteiger partial charge is 0.252 e. The summed E-state index contributed by atoms with van der Waals surface area (Å²) in [5.74, 6) is -0.135. The average molecular weight is 411 g/mol. The SMILES string of the molecule is CCCC1N=C(c2ccccc2)c2cc(Cl)ccc2N(CC(=O)C(C)(C)C)C1=O. The maximum absolute atomic E-state index is 13.5. The highest BCUT2D eigenvalue weighted by molar-refractivity contribution is 6.32. The summed E-state index contributed by atoms with van der Waals surface area (Å²) < 4.78 is 0. The Bertz CT molecular complexity index is 945. The van der Waals surface area contributed by atoms with Gasteiger partial charge in [-0.1, -0.05) is 76.0 Å². The minimum absolute atomic E-state index is 0.00478. The number of hydrogen-bond donors (Lipinski definition) is 0. The summed E-state index contributed by atoms with van der Waals surface area (Å²) >= 11 is 6.32. The summed E-state index contributed by atoms with van der Waals surface area (Å²) in [5.41, 5.74) is 2.58. The first-order chi connectivity index (χ1) is 13.7. The van der Waals surface area contributed by atoms with Gasteiger partial charge in [0.25, 0.3) is 5.91 Å². The highest BCUT2D eigenvalue weighted by Crippen LogP contribution is 2.32. The number of carbonyl (C=O) groups is 2. The van der Waals surface area contributed by atoms with Crippen LogP contribution in [0.4, 0.5) is 5.69 Å². The molecule has 1 atom stereocenters. The lowest BCUT2D eigenvalue weighted by Crippen LogP contribution is -2.43. The van der Waals surface area contributed by atoms with E-state index in [-0.39, 0.29) is 18.2 Å². The molecule has 0 saturated carbocycles. The van der Waals surface area contributed by atoms with Crippen molar-refractivity contribution in [3.05, 3.63) is 64.7 Å². The third-order valence-corrected chi connectivity index (χ3v) is 5.32. The molecule has 1 aliphatic heterocycles. The Morgan fingerprint density at radius 2 is 1.83 bits per heavy atom. The number of aliphatic imine (C=N–C) groups is 1. The number of carbonyl (C=O) groups excluding carboxylic acids is 2. The van der Waals surface area contributed by atoms with Gasteiger partial charge in [-0.2, -0.15) is 0 Å². The standard InChI is InChI=1S/C24H27ClN2O2/c1-5-9-19-23(29)27(15-21(28)24(2,3)4)20-13-12-17(25)14-18(20)22(26-19)16-10-7-6-8-11-16/h6-8,10-14,19H,5,9,15H2,1-4H3. The van der Waals surface area contributed by atoms with Crippen LogP contribution in [0.5, 0.6) is 0 Å². The van der Waals surface area contributed by atoms with Crippen LogP contribution in [0.15, 0.2) is 53.5 Å². The molecule has 3 rings (SSSR count). The van der Waals surface area contributed by atoms with Crippen molar-refractivity contribution in [1.29, 1.82) is 0 Å². The quantitative estimate of drug-likeness (QED) is 0.670. The Hall–Kier alpha value is -2.46. The van der Waals surface area contributed by atoms with Crippen molar-refractivity contribution < 1.29 is 9.59 Å². The van der Waals surface area contributed by atoms with E-state index in [4.69, 9.17) is 16.6 Å². The maximum Gasteiger partial charge on any atom is 0.252 e. The lowest BCUT2D eigenvalue weighted by molar-refractivity contribution is -0.127. The summed E-state index contributed by atoms with van der Waals surface area (Å²) in [6, 6.07) is 14.7. The fraction of sp³-hybridized carbons (Fsp3) is 0.375. The summed E-state index contributed by atoms with van der Waals surface area (Å²) in [6.45, 7) is 7.67. The van der Waals surface area contributed by atoms with E-state index in [1.165, 1.54) is 0 Å². The molecule has 1 heterocycles. The van der Waals surface area contributed by atoms with Crippen molar-refractivity contribution in [2.24, 2.45) is 10.4 Å². The van der Waals surface area contributed by atoms with Gasteiger partial charge in [0.1, 0.15) is 6.04 Å². The molecule has 2 aromatic rings. The number of nitrogens with zero attached hydrogens (tertiary/aromatic N) is 2. The van der Waals surface area contributed by atoms with Crippen LogP contribution >= 0.6 is 11.6 Å². The Balaban J connectivity index is 2.19. The number of anilines is 1. The maximum atomic E-state index is 13.5. The molecule has 1 aliphatic rings. The lowest BCUT2D eigenvalue weighted by Gasteiger charge is -2.28. The minimum atomic E-state index is -0.539. The third kappa shape index (κ3) is 4.59. The van der Waals surface area contributed by atoms with Crippen LogP contribution in [0.3, 0.4) is 0 Å². The second kappa shape index (κ2) is 8.50. The largest absolute Gasteiger partial charge is 0.302 e. The van der Waals surface area contributed by atoms with Crippen LogP contribution in [0.2, 0.25) is 5.02 Å². The topological polar surface area (TPSA) is 49.7 Å². The molecule has 152 valence electrons. The average Bonchev–Trinajstić information content (AvgIpc) is 2.78. The van der Waals surface area contributed by atoms with Gasteiger partial charge in [0.15, 0.2) is 5.78 Å². The van der Waals surface area contributed by atoms with Crippen LogP contribution < -0.4 is 4.90 Å². The van der Waals surface area contributed by atoms with E-state index in [1.54, 1.807) is 11.0 Å². The highest BCUT2D eigenvalue weighted by Gasteiger charge is 2.34. The Morgan fingerprint density at radius 1 is 1.14 bits per heavy atom. The van der Waals surface area contributed by atoms with Crippen molar-refractivity contribution in [2.45, 2.75) is 46.6 Å². The van der Waals surface area contributed by atoms with Gasteiger partial charge in [-0.3, -0.25) is 14.6 Å². The zero-order valence-corrected chi connectivity index (χ0v) is 18.2. The van der Waals surface area contributed by atoms with Gasteiger partial charge in [-0.15, -0.1) is 0 Å². The second-order valence-electron chi connectivity index (χ2n) is 8.41. The van der Waals surface area contributed by atoms with Crippen LogP contribution in [0.1, 0.15) is 51.7 Å².